The van der Waals surface area contributed by atoms with Gasteiger partial charge in [-0.3, -0.25) is 4.79 Å². The van der Waals surface area contributed by atoms with E-state index >= 15 is 0 Å². The van der Waals surface area contributed by atoms with E-state index in [1.807, 2.05) is 0 Å². The third-order valence-corrected chi connectivity index (χ3v) is 11.2. The maximum atomic E-state index is 12.4. The van der Waals surface area contributed by atoms with Crippen LogP contribution < -0.4 is 0 Å². The lowest BCUT2D eigenvalue weighted by Gasteiger charge is -2.70. The number of cyclic esters (lactones) is 1. The molecule has 31 heavy (non-hydrogen) atoms. The number of fused-ring (bicyclic) bond motifs is 7. The smallest absolute Gasteiger partial charge is 0.334 e. The molecule has 4 aliphatic carbocycles. The molecule has 172 valence electrons. The van der Waals surface area contributed by atoms with Crippen molar-refractivity contribution in [3.63, 3.8) is 0 Å². The number of ether oxygens (including phenoxy) is 2. The Hall–Kier alpha value is -1.32. The zero-order valence-electron chi connectivity index (χ0n) is 20.3. The van der Waals surface area contributed by atoms with Crippen molar-refractivity contribution in [1.82, 2.24) is 0 Å². The van der Waals surface area contributed by atoms with Gasteiger partial charge in [0.15, 0.2) is 0 Å². The Bertz CT molecular complexity index is 842. The molecule has 4 heteroatoms. The third kappa shape index (κ3) is 2.72. The van der Waals surface area contributed by atoms with E-state index in [2.05, 4.69) is 40.7 Å². The first-order chi connectivity index (χ1) is 14.4. The van der Waals surface area contributed by atoms with Crippen molar-refractivity contribution in [1.29, 1.82) is 0 Å². The van der Waals surface area contributed by atoms with Gasteiger partial charge in [-0.2, -0.15) is 0 Å². The minimum atomic E-state index is -0.249. The SMILES string of the molecule is CC(=O)O[C@H]1C[C@@H]2[C@@]3(C)CCCC(C)(C)[C@@H]3CC[C@@]2(C)[C@@H]2CC=C3C(=O)OC[C@H]3[C@@]12C. The van der Waals surface area contributed by atoms with Crippen LogP contribution in [-0.4, -0.2) is 24.6 Å². The Kier molecular flexibility index (Phi) is 4.59. The minimum Gasteiger partial charge on any atom is -0.462 e. The summed E-state index contributed by atoms with van der Waals surface area (Å²) in [7, 11) is 0. The summed E-state index contributed by atoms with van der Waals surface area (Å²) in [6.45, 7) is 14.3. The summed E-state index contributed by atoms with van der Waals surface area (Å²) in [5, 5.41) is 0. The summed E-state index contributed by atoms with van der Waals surface area (Å²) in [4.78, 5) is 24.7. The zero-order chi connectivity index (χ0) is 22.4. The second kappa shape index (κ2) is 6.60. The summed E-state index contributed by atoms with van der Waals surface area (Å²) in [6.07, 6.45) is 10.2. The van der Waals surface area contributed by atoms with Crippen molar-refractivity contribution in [2.24, 2.45) is 45.3 Å². The molecule has 1 saturated heterocycles. The number of esters is 2. The lowest BCUT2D eigenvalue weighted by Crippen LogP contribution is -2.66. The van der Waals surface area contributed by atoms with Crippen molar-refractivity contribution in [2.45, 2.75) is 92.6 Å². The second-order valence-corrected chi connectivity index (χ2v) is 12.8. The van der Waals surface area contributed by atoms with E-state index in [4.69, 9.17) is 9.47 Å². The lowest BCUT2D eigenvalue weighted by molar-refractivity contribution is -0.240. The second-order valence-electron chi connectivity index (χ2n) is 12.8. The molecule has 4 nitrogen and oxygen atoms in total. The number of carbonyl (C=O) groups is 2. The van der Waals surface area contributed by atoms with Crippen molar-refractivity contribution < 1.29 is 19.1 Å². The van der Waals surface area contributed by atoms with Gasteiger partial charge in [0.05, 0.1) is 6.61 Å². The molecule has 5 rings (SSSR count). The maximum absolute atomic E-state index is 12.4. The monoisotopic (exact) mass is 428 g/mol. The highest BCUT2D eigenvalue weighted by Crippen LogP contribution is 2.73. The van der Waals surface area contributed by atoms with Crippen LogP contribution in [0.4, 0.5) is 0 Å². The summed E-state index contributed by atoms with van der Waals surface area (Å²) in [5.41, 5.74) is 1.42. The van der Waals surface area contributed by atoms with Gasteiger partial charge >= 0.3 is 11.9 Å². The number of rotatable bonds is 1. The standard InChI is InChI=1S/C27H40O4/c1-16(28)31-22-14-21-25(4)12-7-11-24(2,3)19(25)10-13-26(21,5)20-9-8-17-18(27(20,22)6)15-30-23(17)29/h8,18-22H,7,9-15H2,1-6H3/t18-,19+,20+,21-,22+,25+,26+,27-/m1/s1. The average molecular weight is 429 g/mol. The molecule has 8 atom stereocenters. The molecule has 4 fully saturated rings. The molecule has 0 aromatic heterocycles. The topological polar surface area (TPSA) is 52.6 Å². The van der Waals surface area contributed by atoms with Gasteiger partial charge in [0, 0.05) is 23.8 Å². The van der Waals surface area contributed by atoms with Gasteiger partial charge in [-0.25, -0.2) is 4.79 Å². The Morgan fingerprint density at radius 1 is 1.03 bits per heavy atom. The Morgan fingerprint density at radius 2 is 1.74 bits per heavy atom. The summed E-state index contributed by atoms with van der Waals surface area (Å²) < 4.78 is 11.7. The first kappa shape index (κ1) is 21.5. The van der Waals surface area contributed by atoms with Crippen LogP contribution in [0.5, 0.6) is 0 Å². The summed E-state index contributed by atoms with van der Waals surface area (Å²) >= 11 is 0. The van der Waals surface area contributed by atoms with Crippen LogP contribution in [0.2, 0.25) is 0 Å². The van der Waals surface area contributed by atoms with Crippen LogP contribution in [0, 0.1) is 45.3 Å². The molecule has 0 radical (unpaired) electrons. The van der Waals surface area contributed by atoms with Crippen molar-refractivity contribution in [3.8, 4) is 0 Å². The van der Waals surface area contributed by atoms with Gasteiger partial charge in [0.25, 0.3) is 0 Å². The molecular weight excluding hydrogens is 388 g/mol. The fourth-order valence-corrected chi connectivity index (χ4v) is 9.87. The van der Waals surface area contributed by atoms with Gasteiger partial charge in [0.2, 0.25) is 0 Å². The average Bonchev–Trinajstić information content (AvgIpc) is 3.04. The zero-order valence-corrected chi connectivity index (χ0v) is 20.3. The van der Waals surface area contributed by atoms with Crippen LogP contribution in [-0.2, 0) is 19.1 Å². The van der Waals surface area contributed by atoms with Crippen LogP contribution in [0.3, 0.4) is 0 Å². The molecule has 1 heterocycles. The quantitative estimate of drug-likeness (QED) is 0.503. The van der Waals surface area contributed by atoms with Crippen LogP contribution in [0.15, 0.2) is 11.6 Å². The highest BCUT2D eigenvalue weighted by Gasteiger charge is 2.69. The van der Waals surface area contributed by atoms with E-state index < -0.39 is 0 Å². The molecule has 1 aliphatic heterocycles. The fourth-order valence-electron chi connectivity index (χ4n) is 9.87. The van der Waals surface area contributed by atoms with Gasteiger partial charge < -0.3 is 9.47 Å². The van der Waals surface area contributed by atoms with Gasteiger partial charge in [-0.1, -0.05) is 47.1 Å². The highest BCUT2D eigenvalue weighted by molar-refractivity contribution is 5.91. The first-order valence-corrected chi connectivity index (χ1v) is 12.5. The van der Waals surface area contributed by atoms with Gasteiger partial charge in [0.1, 0.15) is 6.10 Å². The van der Waals surface area contributed by atoms with Crippen molar-refractivity contribution >= 4 is 11.9 Å². The van der Waals surface area contributed by atoms with Crippen molar-refractivity contribution in [2.75, 3.05) is 6.61 Å². The normalized spacial score (nSPS) is 50.2. The number of hydrogen-bond donors (Lipinski definition) is 0. The third-order valence-electron chi connectivity index (χ3n) is 11.2. The fraction of sp³-hybridized carbons (Fsp3) is 0.852. The molecule has 5 aliphatic rings. The Balaban J connectivity index is 1.62. The molecule has 0 aromatic rings. The summed E-state index contributed by atoms with van der Waals surface area (Å²) in [5.74, 6) is 1.33. The minimum absolute atomic E-state index is 0.0363. The van der Waals surface area contributed by atoms with Crippen LogP contribution in [0.1, 0.15) is 86.5 Å². The van der Waals surface area contributed by atoms with Gasteiger partial charge in [-0.05, 0) is 72.5 Å². The highest BCUT2D eigenvalue weighted by atomic mass is 16.5. The molecule has 0 spiro atoms. The lowest BCUT2D eigenvalue weighted by atomic mass is 9.35. The molecule has 3 saturated carbocycles. The van der Waals surface area contributed by atoms with Gasteiger partial charge in [-0.15, -0.1) is 0 Å². The number of hydrogen-bond acceptors (Lipinski definition) is 4. The van der Waals surface area contributed by atoms with E-state index in [9.17, 15) is 9.59 Å². The Labute approximate surface area is 187 Å². The predicted molar refractivity (Wildman–Crippen MR) is 119 cm³/mol. The molecule has 0 bridgehead atoms. The Morgan fingerprint density at radius 3 is 2.45 bits per heavy atom. The van der Waals surface area contributed by atoms with Crippen LogP contribution >= 0.6 is 0 Å². The molecule has 0 N–H and O–H groups in total. The van der Waals surface area contributed by atoms with E-state index in [-0.39, 0.29) is 40.2 Å². The predicted octanol–water partition coefficient (Wildman–Crippen LogP) is 5.70. The first-order valence-electron chi connectivity index (χ1n) is 12.5. The largest absolute Gasteiger partial charge is 0.462 e. The van der Waals surface area contributed by atoms with E-state index in [0.29, 0.717) is 23.9 Å². The van der Waals surface area contributed by atoms with Crippen molar-refractivity contribution in [3.05, 3.63) is 11.6 Å². The molecule has 0 amide bonds. The summed E-state index contributed by atoms with van der Waals surface area (Å²) in [6, 6.07) is 0. The van der Waals surface area contributed by atoms with Crippen LogP contribution in [0.25, 0.3) is 0 Å². The van der Waals surface area contributed by atoms with E-state index in [1.165, 1.54) is 39.0 Å². The van der Waals surface area contributed by atoms with E-state index in [0.717, 1.165) is 24.3 Å². The van der Waals surface area contributed by atoms with E-state index in [1.54, 1.807) is 0 Å². The molecule has 0 aromatic carbocycles. The number of carbonyl (C=O) groups excluding carboxylic acids is 2. The maximum Gasteiger partial charge on any atom is 0.334 e. The molecular formula is C27H40O4. The number of allylic oxidation sites excluding steroid dienone is 1. The molecule has 0 unspecified atom stereocenters.